The molecule has 0 aliphatic carbocycles. The first-order valence-corrected chi connectivity index (χ1v) is 10.7. The van der Waals surface area contributed by atoms with E-state index in [4.69, 9.17) is 27.9 Å². The Morgan fingerprint density at radius 3 is 2.68 bits per heavy atom. The minimum Gasteiger partial charge on any atom is -0.476 e. The topological polar surface area (TPSA) is 133 Å². The van der Waals surface area contributed by atoms with Gasteiger partial charge in [0.1, 0.15) is 11.5 Å². The molecule has 0 spiro atoms. The second-order valence-corrected chi connectivity index (χ2v) is 7.70. The van der Waals surface area contributed by atoms with Gasteiger partial charge >= 0.3 is 5.69 Å². The van der Waals surface area contributed by atoms with Crippen molar-refractivity contribution in [2.75, 3.05) is 30.8 Å². The van der Waals surface area contributed by atoms with Crippen molar-refractivity contribution in [2.45, 2.75) is 0 Å². The Morgan fingerprint density at radius 1 is 1.15 bits per heavy atom. The zero-order chi connectivity index (χ0) is 24.1. The summed E-state index contributed by atoms with van der Waals surface area (Å²) in [6.07, 6.45) is 6.77. The van der Waals surface area contributed by atoms with Gasteiger partial charge in [-0.25, -0.2) is 15.0 Å². The van der Waals surface area contributed by atoms with Crippen LogP contribution in [-0.2, 0) is 0 Å². The molecule has 11 nitrogen and oxygen atoms in total. The molecule has 0 fully saturated rings. The number of halogens is 2. The lowest BCUT2D eigenvalue weighted by molar-refractivity contribution is -0.386. The van der Waals surface area contributed by atoms with Crippen molar-refractivity contribution in [3.63, 3.8) is 0 Å². The molecule has 34 heavy (non-hydrogen) atoms. The van der Waals surface area contributed by atoms with E-state index < -0.39 is 4.92 Å². The molecule has 0 atom stereocenters. The van der Waals surface area contributed by atoms with Crippen molar-refractivity contribution in [3.8, 4) is 22.8 Å². The van der Waals surface area contributed by atoms with Gasteiger partial charge in [0, 0.05) is 42.1 Å². The van der Waals surface area contributed by atoms with Crippen LogP contribution in [0.1, 0.15) is 0 Å². The lowest BCUT2D eigenvalue weighted by atomic mass is 10.1. The molecule has 0 saturated carbocycles. The molecule has 0 bridgehead atoms. The molecular formula is C21H18Cl2N8O3. The number of anilines is 2. The van der Waals surface area contributed by atoms with Crippen LogP contribution in [0.25, 0.3) is 16.9 Å². The molecule has 13 heteroatoms. The van der Waals surface area contributed by atoms with E-state index in [2.05, 4.69) is 30.6 Å². The number of nitrogens with one attached hydrogen (secondary N) is 2. The highest BCUT2D eigenvalue weighted by Gasteiger charge is 2.17. The predicted octanol–water partition coefficient (Wildman–Crippen LogP) is 4.47. The average Bonchev–Trinajstić information content (AvgIpc) is 3.36. The molecule has 3 aromatic heterocycles. The monoisotopic (exact) mass is 500 g/mol. The lowest BCUT2D eigenvalue weighted by Gasteiger charge is -2.13. The van der Waals surface area contributed by atoms with Crippen LogP contribution < -0.4 is 15.4 Å². The molecule has 3 heterocycles. The van der Waals surface area contributed by atoms with E-state index in [1.165, 1.54) is 19.2 Å². The largest absolute Gasteiger partial charge is 0.476 e. The number of nitrogens with zero attached hydrogens (tertiary/aromatic N) is 6. The molecule has 0 amide bonds. The fourth-order valence-corrected chi connectivity index (χ4v) is 3.61. The normalized spacial score (nSPS) is 10.7. The highest BCUT2D eigenvalue weighted by Crippen LogP contribution is 2.33. The van der Waals surface area contributed by atoms with Crippen LogP contribution in [0.2, 0.25) is 10.0 Å². The number of hydrogen-bond donors (Lipinski definition) is 2. The van der Waals surface area contributed by atoms with Crippen LogP contribution in [0.4, 0.5) is 17.5 Å². The van der Waals surface area contributed by atoms with Gasteiger partial charge in [-0.3, -0.25) is 10.1 Å². The fraction of sp³-hybridized carbons (Fsp3) is 0.143. The van der Waals surface area contributed by atoms with E-state index in [0.717, 1.165) is 0 Å². The van der Waals surface area contributed by atoms with Gasteiger partial charge in [-0.1, -0.05) is 23.2 Å². The number of hydrogen-bond acceptors (Lipinski definition) is 9. The summed E-state index contributed by atoms with van der Waals surface area (Å²) in [7, 11) is 1.33. The minimum absolute atomic E-state index is 0.0640. The maximum atomic E-state index is 11.0. The molecule has 4 rings (SSSR count). The van der Waals surface area contributed by atoms with Crippen LogP contribution in [0.3, 0.4) is 0 Å². The highest BCUT2D eigenvalue weighted by atomic mass is 35.5. The summed E-state index contributed by atoms with van der Waals surface area (Å²) < 4.78 is 6.77. The Labute approximate surface area is 203 Å². The van der Waals surface area contributed by atoms with E-state index >= 15 is 0 Å². The maximum absolute atomic E-state index is 11.0. The third-order valence-corrected chi connectivity index (χ3v) is 5.23. The molecule has 0 aliphatic heterocycles. The van der Waals surface area contributed by atoms with E-state index in [0.29, 0.717) is 51.8 Å². The van der Waals surface area contributed by atoms with Crippen molar-refractivity contribution in [1.29, 1.82) is 0 Å². The van der Waals surface area contributed by atoms with Crippen molar-refractivity contribution in [3.05, 3.63) is 75.4 Å². The van der Waals surface area contributed by atoms with Crippen molar-refractivity contribution >= 4 is 40.7 Å². The first kappa shape index (κ1) is 23.2. The standard InChI is InChI=1S/C21H18Cl2N8O3/c1-34-20-16(31(32)33)4-5-18(28-20)25-6-7-26-21-27-11-17(30-9-8-24-12-30)19(29-21)14-3-2-13(22)10-15(14)23/h2-5,8-12H,6-7H2,1H3,(H,25,28)(H,26,27,29). The van der Waals surface area contributed by atoms with E-state index in [1.54, 1.807) is 47.7 Å². The van der Waals surface area contributed by atoms with E-state index in [9.17, 15) is 10.1 Å². The van der Waals surface area contributed by atoms with Gasteiger partial charge in [-0.2, -0.15) is 4.98 Å². The molecule has 0 unspecified atom stereocenters. The van der Waals surface area contributed by atoms with Crippen LogP contribution in [0.15, 0.2) is 55.2 Å². The Hall–Kier alpha value is -3.96. The van der Waals surface area contributed by atoms with Gasteiger partial charge in [0.15, 0.2) is 0 Å². The highest BCUT2D eigenvalue weighted by molar-refractivity contribution is 6.36. The quantitative estimate of drug-likeness (QED) is 0.194. The molecule has 0 saturated heterocycles. The molecule has 4 aromatic rings. The Kier molecular flexibility index (Phi) is 7.04. The third-order valence-electron chi connectivity index (χ3n) is 4.68. The second-order valence-electron chi connectivity index (χ2n) is 6.86. The van der Waals surface area contributed by atoms with Crippen LogP contribution in [0, 0.1) is 10.1 Å². The molecule has 174 valence electrons. The zero-order valence-electron chi connectivity index (χ0n) is 17.8. The van der Waals surface area contributed by atoms with Gasteiger partial charge in [0.25, 0.3) is 5.88 Å². The molecule has 1 aromatic carbocycles. The summed E-state index contributed by atoms with van der Waals surface area (Å²) in [5.41, 5.74) is 1.80. The van der Waals surface area contributed by atoms with Crippen LogP contribution in [-0.4, -0.2) is 49.6 Å². The molecular weight excluding hydrogens is 483 g/mol. The number of ether oxygens (including phenoxy) is 1. The van der Waals surface area contributed by atoms with Gasteiger partial charge in [0.2, 0.25) is 5.95 Å². The summed E-state index contributed by atoms with van der Waals surface area (Å²) in [6.45, 7) is 0.886. The molecule has 2 N–H and O–H groups in total. The number of benzene rings is 1. The Morgan fingerprint density at radius 2 is 1.97 bits per heavy atom. The Balaban J connectivity index is 1.49. The van der Waals surface area contributed by atoms with E-state index in [1.807, 2.05) is 0 Å². The van der Waals surface area contributed by atoms with Gasteiger partial charge < -0.3 is 19.9 Å². The summed E-state index contributed by atoms with van der Waals surface area (Å²) >= 11 is 12.5. The summed E-state index contributed by atoms with van der Waals surface area (Å²) in [4.78, 5) is 27.7. The van der Waals surface area contributed by atoms with E-state index in [-0.39, 0.29) is 11.6 Å². The third kappa shape index (κ3) is 5.16. The molecule has 0 aliphatic rings. The number of methoxy groups -OCH3 is 1. The second kappa shape index (κ2) is 10.3. The molecule has 0 radical (unpaired) electrons. The van der Waals surface area contributed by atoms with Crippen molar-refractivity contribution < 1.29 is 9.66 Å². The first-order valence-electron chi connectivity index (χ1n) is 9.94. The SMILES string of the molecule is COc1nc(NCCNc2ncc(-n3ccnc3)c(-c3ccc(Cl)cc3Cl)n2)ccc1[N+](=O)[O-]. The number of aromatic nitrogens is 5. The van der Waals surface area contributed by atoms with Gasteiger partial charge in [-0.15, -0.1) is 0 Å². The number of nitro groups is 1. The predicted molar refractivity (Wildman–Crippen MR) is 129 cm³/mol. The summed E-state index contributed by atoms with van der Waals surface area (Å²) in [6, 6.07) is 8.04. The van der Waals surface area contributed by atoms with Gasteiger partial charge in [0.05, 0.1) is 35.3 Å². The summed E-state index contributed by atoms with van der Waals surface area (Å²) in [5.74, 6) is 0.765. The van der Waals surface area contributed by atoms with Crippen molar-refractivity contribution in [2.24, 2.45) is 0 Å². The number of rotatable bonds is 9. The summed E-state index contributed by atoms with van der Waals surface area (Å²) in [5, 5.41) is 18.2. The fourth-order valence-electron chi connectivity index (χ4n) is 3.12. The van der Waals surface area contributed by atoms with Crippen molar-refractivity contribution in [1.82, 2.24) is 24.5 Å². The lowest BCUT2D eigenvalue weighted by Crippen LogP contribution is -2.16. The zero-order valence-corrected chi connectivity index (χ0v) is 19.3. The minimum atomic E-state index is -0.549. The average molecular weight is 501 g/mol. The van der Waals surface area contributed by atoms with Gasteiger partial charge in [-0.05, 0) is 24.3 Å². The first-order chi connectivity index (χ1) is 16.5. The number of pyridine rings is 1. The van der Waals surface area contributed by atoms with Crippen LogP contribution >= 0.6 is 23.2 Å². The Bertz CT molecular complexity index is 1320. The smallest absolute Gasteiger partial charge is 0.331 e. The maximum Gasteiger partial charge on any atom is 0.331 e. The van der Waals surface area contributed by atoms with Crippen LogP contribution in [0.5, 0.6) is 5.88 Å². The number of imidazole rings is 1.